The standard InChI is InChI=1S/C14H13NOS/c1-9-6-7-10(12(8-9)14(15)17)11-4-2-3-5-13(11)16/h2-8,16H,1H3,(H2,15,17). The largest absolute Gasteiger partial charge is 0.507 e. The number of thiocarbonyl (C=S) groups is 1. The number of phenolic OH excluding ortho intramolecular Hbond substituents is 1. The second kappa shape index (κ2) is 4.55. The van der Waals surface area contributed by atoms with E-state index in [9.17, 15) is 5.11 Å². The van der Waals surface area contributed by atoms with Gasteiger partial charge in [-0.25, -0.2) is 0 Å². The average Bonchev–Trinajstić information content (AvgIpc) is 2.30. The van der Waals surface area contributed by atoms with Crippen LogP contribution in [0, 0.1) is 6.92 Å². The van der Waals surface area contributed by atoms with Crippen LogP contribution < -0.4 is 5.73 Å². The fraction of sp³-hybridized carbons (Fsp3) is 0.0714. The van der Waals surface area contributed by atoms with Gasteiger partial charge in [-0.15, -0.1) is 0 Å². The van der Waals surface area contributed by atoms with E-state index in [1.165, 1.54) is 0 Å². The van der Waals surface area contributed by atoms with Gasteiger partial charge in [0.15, 0.2) is 0 Å². The Kier molecular flexibility index (Phi) is 3.11. The number of hydrogen-bond acceptors (Lipinski definition) is 2. The summed E-state index contributed by atoms with van der Waals surface area (Å²) in [5, 5.41) is 9.86. The van der Waals surface area contributed by atoms with Crippen molar-refractivity contribution < 1.29 is 5.11 Å². The molecule has 0 saturated heterocycles. The Morgan fingerprint density at radius 2 is 1.82 bits per heavy atom. The van der Waals surface area contributed by atoms with E-state index in [1.54, 1.807) is 12.1 Å². The summed E-state index contributed by atoms with van der Waals surface area (Å²) < 4.78 is 0. The molecule has 17 heavy (non-hydrogen) atoms. The molecule has 2 nitrogen and oxygen atoms in total. The number of para-hydroxylation sites is 1. The first-order chi connectivity index (χ1) is 8.09. The van der Waals surface area contributed by atoms with E-state index in [-0.39, 0.29) is 5.75 Å². The molecule has 0 bridgehead atoms. The van der Waals surface area contributed by atoms with Crippen LogP contribution in [0.4, 0.5) is 0 Å². The van der Waals surface area contributed by atoms with Gasteiger partial charge in [0.25, 0.3) is 0 Å². The summed E-state index contributed by atoms with van der Waals surface area (Å²) in [6, 6.07) is 13.0. The smallest absolute Gasteiger partial charge is 0.123 e. The molecule has 0 aromatic heterocycles. The van der Waals surface area contributed by atoms with Gasteiger partial charge in [0.2, 0.25) is 0 Å². The van der Waals surface area contributed by atoms with Gasteiger partial charge >= 0.3 is 0 Å². The van der Waals surface area contributed by atoms with Crippen molar-refractivity contribution in [2.24, 2.45) is 5.73 Å². The number of aryl methyl sites for hydroxylation is 1. The van der Waals surface area contributed by atoms with E-state index in [0.717, 1.165) is 22.3 Å². The van der Waals surface area contributed by atoms with Crippen molar-refractivity contribution in [1.29, 1.82) is 0 Å². The van der Waals surface area contributed by atoms with Gasteiger partial charge in [0.1, 0.15) is 10.7 Å². The number of hydrogen-bond donors (Lipinski definition) is 2. The summed E-state index contributed by atoms with van der Waals surface area (Å²) in [6.45, 7) is 1.98. The van der Waals surface area contributed by atoms with Gasteiger partial charge in [-0.3, -0.25) is 0 Å². The Bertz CT molecular complexity index is 578. The molecule has 86 valence electrons. The topological polar surface area (TPSA) is 46.2 Å². The van der Waals surface area contributed by atoms with E-state index < -0.39 is 0 Å². The predicted octanol–water partition coefficient (Wildman–Crippen LogP) is 3.00. The van der Waals surface area contributed by atoms with Crippen LogP contribution in [0.1, 0.15) is 11.1 Å². The van der Waals surface area contributed by atoms with Crippen LogP contribution in [-0.4, -0.2) is 10.1 Å². The highest BCUT2D eigenvalue weighted by molar-refractivity contribution is 7.80. The van der Waals surface area contributed by atoms with Crippen LogP contribution in [0.2, 0.25) is 0 Å². The third-order valence-electron chi connectivity index (χ3n) is 2.63. The molecule has 0 radical (unpaired) electrons. The Balaban J connectivity index is 2.68. The minimum Gasteiger partial charge on any atom is -0.507 e. The molecular weight excluding hydrogens is 230 g/mol. The molecule has 0 saturated carbocycles. The number of phenols is 1. The normalized spacial score (nSPS) is 10.2. The summed E-state index contributed by atoms with van der Waals surface area (Å²) in [5.41, 5.74) is 9.21. The minimum atomic E-state index is 0.230. The lowest BCUT2D eigenvalue weighted by molar-refractivity contribution is 0.477. The van der Waals surface area contributed by atoms with Gasteiger partial charge in [-0.05, 0) is 24.6 Å². The lowest BCUT2D eigenvalue weighted by Gasteiger charge is -2.11. The Labute approximate surface area is 106 Å². The maximum Gasteiger partial charge on any atom is 0.123 e. The van der Waals surface area contributed by atoms with Crippen LogP contribution in [-0.2, 0) is 0 Å². The quantitative estimate of drug-likeness (QED) is 0.797. The highest BCUT2D eigenvalue weighted by Gasteiger charge is 2.10. The Morgan fingerprint density at radius 1 is 1.12 bits per heavy atom. The average molecular weight is 243 g/mol. The molecule has 0 spiro atoms. The molecule has 0 heterocycles. The summed E-state index contributed by atoms with van der Waals surface area (Å²) in [5.74, 6) is 0.230. The van der Waals surface area contributed by atoms with E-state index in [0.29, 0.717) is 4.99 Å². The highest BCUT2D eigenvalue weighted by Crippen LogP contribution is 2.31. The summed E-state index contributed by atoms with van der Waals surface area (Å²) in [4.78, 5) is 0.340. The molecular formula is C14H13NOS. The maximum absolute atomic E-state index is 9.86. The highest BCUT2D eigenvalue weighted by atomic mass is 32.1. The van der Waals surface area contributed by atoms with Gasteiger partial charge < -0.3 is 10.8 Å². The Hall–Kier alpha value is -1.87. The molecule has 2 rings (SSSR count). The van der Waals surface area contributed by atoms with Crippen molar-refractivity contribution in [3.63, 3.8) is 0 Å². The monoisotopic (exact) mass is 243 g/mol. The van der Waals surface area contributed by atoms with Gasteiger partial charge in [0, 0.05) is 11.1 Å². The first-order valence-corrected chi connectivity index (χ1v) is 5.69. The minimum absolute atomic E-state index is 0.230. The molecule has 0 aliphatic rings. The fourth-order valence-electron chi connectivity index (χ4n) is 1.80. The van der Waals surface area contributed by atoms with Crippen LogP contribution >= 0.6 is 12.2 Å². The van der Waals surface area contributed by atoms with Crippen LogP contribution in [0.15, 0.2) is 42.5 Å². The van der Waals surface area contributed by atoms with Crippen molar-refractivity contribution in [3.8, 4) is 16.9 Å². The van der Waals surface area contributed by atoms with Gasteiger partial charge in [0.05, 0.1) is 0 Å². The number of aromatic hydroxyl groups is 1. The predicted molar refractivity (Wildman–Crippen MR) is 74.2 cm³/mol. The Morgan fingerprint density at radius 3 is 2.47 bits per heavy atom. The molecule has 2 aromatic rings. The van der Waals surface area contributed by atoms with E-state index in [4.69, 9.17) is 18.0 Å². The second-order valence-electron chi connectivity index (χ2n) is 3.93. The summed E-state index contributed by atoms with van der Waals surface area (Å²) >= 11 is 5.05. The van der Waals surface area contributed by atoms with Crippen molar-refractivity contribution in [2.75, 3.05) is 0 Å². The van der Waals surface area contributed by atoms with Crippen molar-refractivity contribution in [3.05, 3.63) is 53.6 Å². The molecule has 0 aliphatic carbocycles. The van der Waals surface area contributed by atoms with Crippen molar-refractivity contribution in [1.82, 2.24) is 0 Å². The molecule has 2 aromatic carbocycles. The molecule has 0 unspecified atom stereocenters. The lowest BCUT2D eigenvalue weighted by atomic mass is 9.97. The van der Waals surface area contributed by atoms with Crippen LogP contribution in [0.5, 0.6) is 5.75 Å². The molecule has 0 aliphatic heterocycles. The molecule has 0 amide bonds. The van der Waals surface area contributed by atoms with E-state index in [2.05, 4.69) is 0 Å². The third kappa shape index (κ3) is 2.29. The van der Waals surface area contributed by atoms with E-state index in [1.807, 2.05) is 37.3 Å². The zero-order valence-electron chi connectivity index (χ0n) is 9.47. The lowest BCUT2D eigenvalue weighted by Crippen LogP contribution is -2.11. The first-order valence-electron chi connectivity index (χ1n) is 5.28. The van der Waals surface area contributed by atoms with Crippen molar-refractivity contribution >= 4 is 17.2 Å². The van der Waals surface area contributed by atoms with E-state index >= 15 is 0 Å². The molecule has 0 atom stereocenters. The first kappa shape index (κ1) is 11.6. The maximum atomic E-state index is 9.86. The summed E-state index contributed by atoms with van der Waals surface area (Å²) in [6.07, 6.45) is 0. The third-order valence-corrected chi connectivity index (χ3v) is 2.85. The summed E-state index contributed by atoms with van der Waals surface area (Å²) in [7, 11) is 0. The van der Waals surface area contributed by atoms with Crippen LogP contribution in [0.25, 0.3) is 11.1 Å². The number of rotatable bonds is 2. The van der Waals surface area contributed by atoms with Crippen molar-refractivity contribution in [2.45, 2.75) is 6.92 Å². The van der Waals surface area contributed by atoms with Gasteiger partial charge in [-0.2, -0.15) is 0 Å². The number of nitrogens with two attached hydrogens (primary N) is 1. The molecule has 3 N–H and O–H groups in total. The fourth-order valence-corrected chi connectivity index (χ4v) is 1.97. The zero-order valence-corrected chi connectivity index (χ0v) is 10.3. The molecule has 3 heteroatoms. The van der Waals surface area contributed by atoms with Gasteiger partial charge in [-0.1, -0.05) is 48.1 Å². The number of benzene rings is 2. The second-order valence-corrected chi connectivity index (χ2v) is 4.37. The van der Waals surface area contributed by atoms with Crippen LogP contribution in [0.3, 0.4) is 0 Å². The zero-order chi connectivity index (χ0) is 12.4. The molecule has 0 fully saturated rings. The SMILES string of the molecule is Cc1ccc(-c2ccccc2O)c(C(N)=S)c1.